The first-order valence-corrected chi connectivity index (χ1v) is 14.5. The van der Waals surface area contributed by atoms with Gasteiger partial charge in [-0.1, -0.05) is 25.7 Å². The molecule has 0 aromatic carbocycles. The first-order chi connectivity index (χ1) is 20.0. The van der Waals surface area contributed by atoms with Crippen molar-refractivity contribution in [3.05, 3.63) is 0 Å². The molecule has 8 N–H and O–H groups in total. The zero-order valence-electron chi connectivity index (χ0n) is 24.1. The normalized spacial score (nSPS) is 35.5. The van der Waals surface area contributed by atoms with E-state index < -0.39 is 92.0 Å². The van der Waals surface area contributed by atoms with Crippen molar-refractivity contribution in [3.63, 3.8) is 0 Å². The SMILES string of the molecule is CC(=O)N[C@H]1[C@H](OCCCCCCCCC2(CO[C@@H]3O[C@H](CO)[C@@H](O)[C@H](O)[C@H]3NC(C)=O)N=N2)O[C@H](CO)[C@@H](O)[C@@H]1O. The first-order valence-electron chi connectivity index (χ1n) is 14.5. The molecule has 2 fully saturated rings. The molecule has 0 radical (unpaired) electrons. The minimum Gasteiger partial charge on any atom is -0.394 e. The van der Waals surface area contributed by atoms with Gasteiger partial charge in [0, 0.05) is 20.5 Å². The van der Waals surface area contributed by atoms with Gasteiger partial charge in [0.15, 0.2) is 12.6 Å². The Kier molecular flexibility index (Phi) is 13.4. The number of carbonyl (C=O) groups is 2. The molecule has 0 aliphatic carbocycles. The maximum Gasteiger partial charge on any atom is 0.217 e. The van der Waals surface area contributed by atoms with Gasteiger partial charge in [0.25, 0.3) is 0 Å². The standard InChI is InChI=1S/C26H46N4O12/c1-14(33)27-18-22(37)20(35)16(11-31)41-24(18)39-10-8-6-4-3-5-7-9-26(29-30-26)13-40-25-19(28-15(2)34)23(38)21(36)17(12-32)42-25/h16-25,31-32,35-38H,3-13H2,1-2H3,(H,27,33)(H,28,34)/t16-,17-,18-,19-,20-,21-,22-,23-,24-,25-/m1/s1. The average Bonchev–Trinajstić information content (AvgIpc) is 3.73. The van der Waals surface area contributed by atoms with Crippen LogP contribution in [0, 0.1) is 0 Å². The number of nitrogens with one attached hydrogen (secondary N) is 2. The number of hydrogen-bond donors (Lipinski definition) is 8. The molecule has 16 heteroatoms. The molecule has 10 atom stereocenters. The molecule has 2 amide bonds. The summed E-state index contributed by atoms with van der Waals surface area (Å²) in [6.07, 6.45) is -3.72. The molecule has 2 saturated heterocycles. The number of ether oxygens (including phenoxy) is 4. The van der Waals surface area contributed by atoms with Gasteiger partial charge >= 0.3 is 0 Å². The van der Waals surface area contributed by atoms with E-state index in [4.69, 9.17) is 18.9 Å². The highest BCUT2D eigenvalue weighted by atomic mass is 16.7. The van der Waals surface area contributed by atoms with E-state index in [1.165, 1.54) is 13.8 Å². The fraction of sp³-hybridized carbons (Fsp3) is 0.923. The van der Waals surface area contributed by atoms with E-state index in [0.29, 0.717) is 19.4 Å². The van der Waals surface area contributed by atoms with Gasteiger partial charge in [0.05, 0.1) is 19.8 Å². The molecule has 3 aliphatic heterocycles. The van der Waals surface area contributed by atoms with Crippen LogP contribution in [-0.2, 0) is 28.5 Å². The van der Waals surface area contributed by atoms with Crippen LogP contribution < -0.4 is 10.6 Å². The molecular weight excluding hydrogens is 560 g/mol. The van der Waals surface area contributed by atoms with Crippen LogP contribution in [0.25, 0.3) is 0 Å². The van der Waals surface area contributed by atoms with Crippen molar-refractivity contribution < 1.29 is 59.2 Å². The number of hydrogen-bond acceptors (Lipinski definition) is 14. The van der Waals surface area contributed by atoms with E-state index in [-0.39, 0.29) is 6.61 Å². The Bertz CT molecular complexity index is 891. The number of unbranched alkanes of at least 4 members (excludes halogenated alkanes) is 5. The highest BCUT2D eigenvalue weighted by molar-refractivity contribution is 5.73. The van der Waals surface area contributed by atoms with Gasteiger partial charge < -0.3 is 60.2 Å². The third-order valence-electron chi connectivity index (χ3n) is 7.62. The van der Waals surface area contributed by atoms with Crippen molar-refractivity contribution in [1.82, 2.24) is 10.6 Å². The fourth-order valence-corrected chi connectivity index (χ4v) is 5.16. The van der Waals surface area contributed by atoms with E-state index >= 15 is 0 Å². The van der Waals surface area contributed by atoms with Crippen LogP contribution in [0.5, 0.6) is 0 Å². The quantitative estimate of drug-likeness (QED) is 0.0823. The first kappa shape index (κ1) is 34.6. The van der Waals surface area contributed by atoms with Crippen molar-refractivity contribution >= 4 is 11.8 Å². The van der Waals surface area contributed by atoms with Gasteiger partial charge in [-0.2, -0.15) is 10.2 Å². The molecule has 0 unspecified atom stereocenters. The van der Waals surface area contributed by atoms with Crippen LogP contribution in [0.4, 0.5) is 0 Å². The lowest BCUT2D eigenvalue weighted by Crippen LogP contribution is -2.64. The zero-order valence-corrected chi connectivity index (χ0v) is 24.1. The Labute approximate surface area is 244 Å². The molecule has 42 heavy (non-hydrogen) atoms. The van der Waals surface area contributed by atoms with Crippen molar-refractivity contribution in [2.24, 2.45) is 10.2 Å². The summed E-state index contributed by atoms with van der Waals surface area (Å²) >= 11 is 0. The molecular formula is C26H46N4O12. The predicted molar refractivity (Wildman–Crippen MR) is 143 cm³/mol. The Balaban J connectivity index is 1.31. The number of aliphatic hydroxyl groups excluding tert-OH is 6. The molecule has 0 aromatic heterocycles. The summed E-state index contributed by atoms with van der Waals surface area (Å²) in [5, 5.41) is 73.0. The molecule has 0 aromatic rings. The van der Waals surface area contributed by atoms with Gasteiger partial charge in [0.2, 0.25) is 17.5 Å². The van der Waals surface area contributed by atoms with Crippen molar-refractivity contribution in [2.75, 3.05) is 26.4 Å². The third kappa shape index (κ3) is 9.57. The number of amides is 2. The zero-order chi connectivity index (χ0) is 30.9. The summed E-state index contributed by atoms with van der Waals surface area (Å²) in [6, 6.07) is -1.97. The fourth-order valence-electron chi connectivity index (χ4n) is 5.16. The monoisotopic (exact) mass is 606 g/mol. The lowest BCUT2D eigenvalue weighted by atomic mass is 9.97. The smallest absolute Gasteiger partial charge is 0.217 e. The number of rotatable bonds is 17. The van der Waals surface area contributed by atoms with Crippen LogP contribution >= 0.6 is 0 Å². The summed E-state index contributed by atoms with van der Waals surface area (Å²) in [6.45, 7) is 1.91. The molecule has 0 spiro atoms. The van der Waals surface area contributed by atoms with E-state index in [1.54, 1.807) is 0 Å². The van der Waals surface area contributed by atoms with Crippen LogP contribution in [0.15, 0.2) is 10.2 Å². The van der Waals surface area contributed by atoms with Crippen LogP contribution in [0.2, 0.25) is 0 Å². The Hall–Kier alpha value is -1.86. The Morgan fingerprint density at radius 2 is 1.17 bits per heavy atom. The molecule has 242 valence electrons. The Morgan fingerprint density at radius 3 is 1.62 bits per heavy atom. The molecule has 3 heterocycles. The number of carbonyl (C=O) groups excluding carboxylic acids is 2. The summed E-state index contributed by atoms with van der Waals surface area (Å²) < 4.78 is 22.7. The second-order valence-electron chi connectivity index (χ2n) is 11.1. The van der Waals surface area contributed by atoms with Gasteiger partial charge in [-0.05, 0) is 19.3 Å². The minimum absolute atomic E-state index is 0.0671. The van der Waals surface area contributed by atoms with E-state index in [1.807, 2.05) is 0 Å². The lowest BCUT2D eigenvalue weighted by molar-refractivity contribution is -0.272. The largest absolute Gasteiger partial charge is 0.394 e. The molecule has 0 bridgehead atoms. The maximum atomic E-state index is 11.6. The summed E-state index contributed by atoms with van der Waals surface area (Å²) in [7, 11) is 0. The van der Waals surface area contributed by atoms with Crippen LogP contribution in [-0.4, -0.2) is 136 Å². The highest BCUT2D eigenvalue weighted by Gasteiger charge is 2.48. The molecule has 16 nitrogen and oxygen atoms in total. The van der Waals surface area contributed by atoms with Crippen molar-refractivity contribution in [2.45, 2.75) is 126 Å². The summed E-state index contributed by atoms with van der Waals surface area (Å²) in [5.74, 6) is -0.838. The second kappa shape index (κ2) is 16.3. The number of nitrogens with zero attached hydrogens (tertiary/aromatic N) is 2. The third-order valence-corrected chi connectivity index (χ3v) is 7.62. The summed E-state index contributed by atoms with van der Waals surface area (Å²) in [5.41, 5.74) is -0.720. The topological polar surface area (TPSA) is 241 Å². The van der Waals surface area contributed by atoms with Gasteiger partial charge in [-0.25, -0.2) is 0 Å². The summed E-state index contributed by atoms with van der Waals surface area (Å²) in [4.78, 5) is 23.1. The highest BCUT2D eigenvalue weighted by Crippen LogP contribution is 2.35. The van der Waals surface area contributed by atoms with Crippen molar-refractivity contribution in [3.8, 4) is 0 Å². The predicted octanol–water partition coefficient (Wildman–Crippen LogP) is -2.20. The van der Waals surface area contributed by atoms with E-state index in [2.05, 4.69) is 20.9 Å². The van der Waals surface area contributed by atoms with E-state index in [0.717, 1.165) is 32.1 Å². The second-order valence-corrected chi connectivity index (χ2v) is 11.1. The van der Waals surface area contributed by atoms with Gasteiger partial charge in [0.1, 0.15) is 48.7 Å². The molecule has 0 saturated carbocycles. The van der Waals surface area contributed by atoms with Crippen LogP contribution in [0.3, 0.4) is 0 Å². The van der Waals surface area contributed by atoms with E-state index in [9.17, 15) is 40.2 Å². The Morgan fingerprint density at radius 1 is 0.714 bits per heavy atom. The minimum atomic E-state index is -1.38. The molecule has 3 aliphatic rings. The average molecular weight is 607 g/mol. The van der Waals surface area contributed by atoms with Gasteiger partial charge in [-0.15, -0.1) is 0 Å². The van der Waals surface area contributed by atoms with Crippen molar-refractivity contribution in [1.29, 1.82) is 0 Å². The number of aliphatic hydroxyl groups is 6. The van der Waals surface area contributed by atoms with Crippen LogP contribution in [0.1, 0.15) is 58.8 Å². The lowest BCUT2D eigenvalue weighted by Gasteiger charge is -2.42. The maximum absolute atomic E-state index is 11.6. The molecule has 3 rings (SSSR count). The van der Waals surface area contributed by atoms with Gasteiger partial charge in [-0.3, -0.25) is 9.59 Å².